The molecule has 0 N–H and O–H groups in total. The molecule has 1 amide bonds. The van der Waals surface area contributed by atoms with Gasteiger partial charge in [-0.1, -0.05) is 6.07 Å². The molecule has 1 aliphatic carbocycles. The Morgan fingerprint density at radius 1 is 1.06 bits per heavy atom. The molecule has 0 atom stereocenters. The van der Waals surface area contributed by atoms with Gasteiger partial charge in [0.2, 0.25) is 11.8 Å². The highest BCUT2D eigenvalue weighted by Crippen LogP contribution is 2.57. The third-order valence-electron chi connectivity index (χ3n) is 6.74. The molecule has 0 radical (unpaired) electrons. The second kappa shape index (κ2) is 7.77. The van der Waals surface area contributed by atoms with E-state index >= 15 is 0 Å². The second-order valence-corrected chi connectivity index (χ2v) is 8.74. The number of rotatable bonds is 4. The number of carbonyl (C=O) groups is 1. The van der Waals surface area contributed by atoms with Crippen molar-refractivity contribution >= 4 is 17.5 Å². The highest BCUT2D eigenvalue weighted by atomic mass is 16.5. The highest BCUT2D eigenvalue weighted by molar-refractivity contribution is 5.96. The third kappa shape index (κ3) is 3.48. The fourth-order valence-electron chi connectivity index (χ4n) is 4.69. The van der Waals surface area contributed by atoms with Crippen molar-refractivity contribution in [1.29, 1.82) is 0 Å². The summed E-state index contributed by atoms with van der Waals surface area (Å²) in [5.41, 5.74) is 4.63. The average Bonchev–Trinajstić information content (AvgIpc) is 3.60. The number of hydrogen-bond acceptors (Lipinski definition) is 8. The Kier molecular flexibility index (Phi) is 4.72. The van der Waals surface area contributed by atoms with Crippen molar-refractivity contribution in [3.8, 4) is 17.1 Å². The van der Waals surface area contributed by atoms with E-state index in [-0.39, 0.29) is 11.3 Å². The molecular formula is C24H24N6O3. The number of hydrogen-bond donors (Lipinski definition) is 0. The Morgan fingerprint density at radius 3 is 2.52 bits per heavy atom. The first kappa shape index (κ1) is 20.0. The third-order valence-corrected chi connectivity index (χ3v) is 6.74. The summed E-state index contributed by atoms with van der Waals surface area (Å²) in [4.78, 5) is 26.3. The highest BCUT2D eigenvalue weighted by Gasteiger charge is 2.52. The van der Waals surface area contributed by atoms with Gasteiger partial charge >= 0.3 is 0 Å². The van der Waals surface area contributed by atoms with E-state index in [1.54, 1.807) is 25.6 Å². The number of amides is 1. The minimum Gasteiger partial charge on any atom is -0.480 e. The summed E-state index contributed by atoms with van der Waals surface area (Å²) < 4.78 is 10.5. The quantitative estimate of drug-likeness (QED) is 0.606. The van der Waals surface area contributed by atoms with E-state index in [1.165, 1.54) is 5.56 Å². The Balaban J connectivity index is 1.30. The van der Waals surface area contributed by atoms with Crippen molar-refractivity contribution in [2.45, 2.75) is 18.3 Å². The van der Waals surface area contributed by atoms with Crippen LogP contribution in [0.1, 0.15) is 28.8 Å². The maximum absolute atomic E-state index is 13.1. The molecule has 2 aliphatic heterocycles. The molecule has 3 aliphatic rings. The predicted octanol–water partition coefficient (Wildman–Crippen LogP) is 2.60. The van der Waals surface area contributed by atoms with Gasteiger partial charge in [0.1, 0.15) is 0 Å². The second-order valence-electron chi connectivity index (χ2n) is 8.74. The topological polar surface area (TPSA) is 93.6 Å². The van der Waals surface area contributed by atoms with Crippen LogP contribution in [0.25, 0.3) is 11.3 Å². The molecular weight excluding hydrogens is 420 g/mol. The molecule has 9 nitrogen and oxygen atoms in total. The number of carbonyl (C=O) groups excluding carboxylic acids is 1. The van der Waals surface area contributed by atoms with Crippen LogP contribution in [0.2, 0.25) is 0 Å². The number of methoxy groups -OCH3 is 1. The zero-order valence-corrected chi connectivity index (χ0v) is 18.4. The van der Waals surface area contributed by atoms with E-state index in [2.05, 4.69) is 31.1 Å². The summed E-state index contributed by atoms with van der Waals surface area (Å²) in [5, 5.41) is 8.18. The lowest BCUT2D eigenvalue weighted by molar-refractivity contribution is 0.0303. The summed E-state index contributed by atoms with van der Waals surface area (Å²) in [6.07, 6.45) is 5.82. The molecule has 3 aromatic rings. The molecule has 1 saturated carbocycles. The Bertz CT molecular complexity index is 1190. The number of anilines is 2. The van der Waals surface area contributed by atoms with Gasteiger partial charge in [0.25, 0.3) is 5.91 Å². The first-order valence-corrected chi connectivity index (χ1v) is 11.2. The van der Waals surface area contributed by atoms with Crippen LogP contribution < -0.4 is 9.64 Å². The van der Waals surface area contributed by atoms with Gasteiger partial charge in [-0.3, -0.25) is 4.79 Å². The lowest BCUT2D eigenvalue weighted by Gasteiger charge is -2.27. The van der Waals surface area contributed by atoms with Crippen LogP contribution in [-0.4, -0.2) is 70.9 Å². The van der Waals surface area contributed by atoms with Gasteiger partial charge in [-0.25, -0.2) is 9.97 Å². The number of morpholine rings is 1. The van der Waals surface area contributed by atoms with Gasteiger partial charge in [0.15, 0.2) is 0 Å². The normalized spacial score (nSPS) is 18.3. The number of ether oxygens (including phenoxy) is 2. The van der Waals surface area contributed by atoms with Gasteiger partial charge in [-0.05, 0) is 36.6 Å². The van der Waals surface area contributed by atoms with E-state index < -0.39 is 0 Å². The minimum absolute atomic E-state index is 0.0483. The molecule has 1 spiro atoms. The number of fused-ring (bicyclic) bond motifs is 2. The van der Waals surface area contributed by atoms with E-state index in [1.807, 2.05) is 23.1 Å². The van der Waals surface area contributed by atoms with E-state index in [0.717, 1.165) is 30.6 Å². The Morgan fingerprint density at radius 2 is 1.85 bits per heavy atom. The molecule has 9 heteroatoms. The monoisotopic (exact) mass is 444 g/mol. The minimum atomic E-state index is 0.0483. The van der Waals surface area contributed by atoms with E-state index in [9.17, 15) is 4.79 Å². The maximum Gasteiger partial charge on any atom is 0.254 e. The standard InChI is InChI=1S/C24H24N6O3/c1-32-21-5-4-19(27-28-21)17-13-25-23(26-14-17)30-15-24(6-7-24)18-3-2-16(12-20(18)30)22(31)29-8-10-33-11-9-29/h2-5,12-14H,6-11,15H2,1H3. The van der Waals surface area contributed by atoms with Crippen LogP contribution in [0.3, 0.4) is 0 Å². The summed E-state index contributed by atoms with van der Waals surface area (Å²) in [7, 11) is 1.56. The van der Waals surface area contributed by atoms with Crippen LogP contribution >= 0.6 is 0 Å². The van der Waals surface area contributed by atoms with Gasteiger partial charge in [0.05, 0.1) is 26.0 Å². The van der Waals surface area contributed by atoms with E-state index in [0.29, 0.717) is 49.4 Å². The lowest BCUT2D eigenvalue weighted by atomic mass is 9.97. The van der Waals surface area contributed by atoms with Crippen molar-refractivity contribution < 1.29 is 14.3 Å². The van der Waals surface area contributed by atoms with Crippen LogP contribution in [0, 0.1) is 0 Å². The maximum atomic E-state index is 13.1. The molecule has 1 aromatic carbocycles. The average molecular weight is 444 g/mol. The van der Waals surface area contributed by atoms with Crippen LogP contribution in [-0.2, 0) is 10.2 Å². The number of nitrogens with zero attached hydrogens (tertiary/aromatic N) is 6. The van der Waals surface area contributed by atoms with Crippen molar-refractivity contribution in [2.75, 3.05) is 44.9 Å². The zero-order chi connectivity index (χ0) is 22.4. The molecule has 1 saturated heterocycles. The fraction of sp³-hybridized carbons (Fsp3) is 0.375. The van der Waals surface area contributed by atoms with E-state index in [4.69, 9.17) is 9.47 Å². The molecule has 2 fully saturated rings. The number of benzene rings is 1. The van der Waals surface area contributed by atoms with Gasteiger partial charge in [-0.15, -0.1) is 10.2 Å². The van der Waals surface area contributed by atoms with Crippen LogP contribution in [0.15, 0.2) is 42.7 Å². The van der Waals surface area contributed by atoms with Gasteiger partial charge in [0, 0.05) is 60.3 Å². The summed E-state index contributed by atoms with van der Waals surface area (Å²) in [6, 6.07) is 9.69. The van der Waals surface area contributed by atoms with Gasteiger partial charge in [-0.2, -0.15) is 0 Å². The summed E-state index contributed by atoms with van der Waals surface area (Å²) in [6.45, 7) is 3.26. The molecule has 2 aromatic heterocycles. The predicted molar refractivity (Wildman–Crippen MR) is 121 cm³/mol. The molecule has 4 heterocycles. The molecule has 0 bridgehead atoms. The molecule has 33 heavy (non-hydrogen) atoms. The summed E-state index contributed by atoms with van der Waals surface area (Å²) in [5.74, 6) is 1.13. The smallest absolute Gasteiger partial charge is 0.254 e. The molecule has 6 rings (SSSR count). The lowest BCUT2D eigenvalue weighted by Crippen LogP contribution is -2.40. The Labute approximate surface area is 191 Å². The van der Waals surface area contributed by atoms with Crippen molar-refractivity contribution in [2.24, 2.45) is 0 Å². The SMILES string of the molecule is COc1ccc(-c2cnc(N3CC4(CC4)c4ccc(C(=O)N5CCOCC5)cc43)nc2)nn1. The number of aromatic nitrogens is 4. The zero-order valence-electron chi connectivity index (χ0n) is 18.4. The first-order chi connectivity index (χ1) is 16.2. The van der Waals surface area contributed by atoms with Crippen molar-refractivity contribution in [1.82, 2.24) is 25.1 Å². The van der Waals surface area contributed by atoms with Crippen LogP contribution in [0.5, 0.6) is 5.88 Å². The molecule has 0 unspecified atom stereocenters. The Hall–Kier alpha value is -3.59. The van der Waals surface area contributed by atoms with Crippen molar-refractivity contribution in [3.63, 3.8) is 0 Å². The van der Waals surface area contributed by atoms with Gasteiger partial charge < -0.3 is 19.3 Å². The van der Waals surface area contributed by atoms with Crippen LogP contribution in [0.4, 0.5) is 11.6 Å². The first-order valence-electron chi connectivity index (χ1n) is 11.2. The largest absolute Gasteiger partial charge is 0.480 e. The summed E-state index contributed by atoms with van der Waals surface area (Å²) >= 11 is 0. The fourth-order valence-corrected chi connectivity index (χ4v) is 4.69. The molecule has 168 valence electrons. The van der Waals surface area contributed by atoms with Crippen molar-refractivity contribution in [3.05, 3.63) is 53.9 Å².